The molecule has 1 aromatic carbocycles. The highest BCUT2D eigenvalue weighted by Crippen LogP contribution is 2.36. The van der Waals surface area contributed by atoms with Crippen LogP contribution in [0.4, 0.5) is 0 Å². The molecule has 1 fully saturated rings. The van der Waals surface area contributed by atoms with Crippen LogP contribution in [0.25, 0.3) is 0 Å². The van der Waals surface area contributed by atoms with Gasteiger partial charge < -0.3 is 19.3 Å². The molecule has 1 saturated carbocycles. The van der Waals surface area contributed by atoms with Gasteiger partial charge in [-0.05, 0) is 17.5 Å². The number of aliphatic hydroxyl groups is 1. The van der Waals surface area contributed by atoms with Gasteiger partial charge in [-0.25, -0.2) is 15.1 Å². The molecule has 0 aliphatic heterocycles. The Morgan fingerprint density at radius 1 is 1.16 bits per heavy atom. The average molecular weight is 452 g/mol. The summed E-state index contributed by atoms with van der Waals surface area (Å²) < 4.78 is 44.1. The molecule has 31 heavy (non-hydrogen) atoms. The molecule has 0 radical (unpaired) electrons. The molecule has 0 spiro atoms. The first-order valence-corrected chi connectivity index (χ1v) is 11.4. The van der Waals surface area contributed by atoms with E-state index in [0.717, 1.165) is 5.56 Å². The summed E-state index contributed by atoms with van der Waals surface area (Å²) in [6.07, 6.45) is 1.25. The van der Waals surface area contributed by atoms with Gasteiger partial charge in [0.2, 0.25) is 11.8 Å². The second-order valence-electron chi connectivity index (χ2n) is 7.73. The summed E-state index contributed by atoms with van der Waals surface area (Å²) in [5, 5.41) is 15.0. The molecule has 0 amide bonds. The molecule has 4 rings (SSSR count). The normalized spacial score (nSPS) is 27.8. The summed E-state index contributed by atoms with van der Waals surface area (Å²) in [7, 11) is -2.40. The molecular formula is C20H25N3O7S. The van der Waals surface area contributed by atoms with Crippen molar-refractivity contribution in [3.63, 3.8) is 0 Å². The lowest BCUT2D eigenvalue weighted by molar-refractivity contribution is 0.0102. The molecule has 2 aliphatic carbocycles. The average Bonchev–Trinajstić information content (AvgIpc) is 3.25. The predicted molar refractivity (Wildman–Crippen MR) is 109 cm³/mol. The summed E-state index contributed by atoms with van der Waals surface area (Å²) in [5.74, 6) is 0.262. The number of aromatic nitrogens is 2. The van der Waals surface area contributed by atoms with Crippen LogP contribution in [0.5, 0.6) is 11.8 Å². The Balaban J connectivity index is 1.37. The molecule has 1 aromatic heterocycles. The Morgan fingerprint density at radius 3 is 2.65 bits per heavy atom. The maximum atomic E-state index is 11.0. The number of hydrogen-bond acceptors (Lipinski definition) is 9. The van der Waals surface area contributed by atoms with E-state index in [0.29, 0.717) is 31.0 Å². The van der Waals surface area contributed by atoms with E-state index in [1.807, 2.05) is 18.2 Å². The van der Waals surface area contributed by atoms with E-state index in [1.165, 1.54) is 11.9 Å². The van der Waals surface area contributed by atoms with Gasteiger partial charge in [0.25, 0.3) is 0 Å². The van der Waals surface area contributed by atoms with Gasteiger partial charge in [-0.2, -0.15) is 8.42 Å². The number of aliphatic hydroxyl groups excluding tert-OH is 1. The summed E-state index contributed by atoms with van der Waals surface area (Å²) in [4.78, 5) is 8.29. The minimum Gasteiger partial charge on any atom is -0.474 e. The molecule has 168 valence electrons. The van der Waals surface area contributed by atoms with Crippen molar-refractivity contribution in [3.05, 3.63) is 47.8 Å². The Hall–Kier alpha value is -2.31. The molecule has 1 heterocycles. The minimum absolute atomic E-state index is 0.194. The van der Waals surface area contributed by atoms with Crippen molar-refractivity contribution in [3.8, 4) is 11.8 Å². The van der Waals surface area contributed by atoms with Crippen molar-refractivity contribution in [2.24, 2.45) is 11.1 Å². The standard InChI is InChI=1S/C20H25N3O7S/c1-27-20-15-5-3-2-4-12(15)7-17(20)30-19-9-18(22-11-23-19)29-14-6-13(16(24)8-14)10-28-31(21,25)26/h2-5,9,11,13-14,16-17,20,24H,6-8,10H2,1H3,(H2,21,25,26)/t13-,14+,16-,17-,20+/m0/s1. The van der Waals surface area contributed by atoms with Crippen molar-refractivity contribution in [1.29, 1.82) is 0 Å². The SMILES string of the molecule is CO[C@@H]1c2ccccc2C[C@@H]1Oc1cc(O[C@@H]2C[C@@H](COS(N)(=O)=O)[C@@H](O)C2)ncn1. The first-order chi connectivity index (χ1) is 14.8. The predicted octanol–water partition coefficient (Wildman–Crippen LogP) is 0.906. The number of nitrogens with zero attached hydrogens (tertiary/aromatic N) is 2. The summed E-state index contributed by atoms with van der Waals surface area (Å²) in [6, 6.07) is 9.64. The van der Waals surface area contributed by atoms with Crippen LogP contribution >= 0.6 is 0 Å². The molecular weight excluding hydrogens is 426 g/mol. The maximum absolute atomic E-state index is 11.0. The van der Waals surface area contributed by atoms with E-state index in [-0.39, 0.29) is 24.9 Å². The third-order valence-electron chi connectivity index (χ3n) is 5.61. The number of rotatable bonds is 8. The van der Waals surface area contributed by atoms with E-state index < -0.39 is 22.3 Å². The van der Waals surface area contributed by atoms with Crippen molar-refractivity contribution in [2.45, 2.75) is 43.7 Å². The Labute approximate surface area is 180 Å². The maximum Gasteiger partial charge on any atom is 0.333 e. The number of benzene rings is 1. The fraction of sp³-hybridized carbons (Fsp3) is 0.500. The third-order valence-corrected chi connectivity index (χ3v) is 6.08. The molecule has 2 aromatic rings. The lowest BCUT2D eigenvalue weighted by Crippen LogP contribution is -2.24. The lowest BCUT2D eigenvalue weighted by Gasteiger charge is -2.20. The molecule has 10 nitrogen and oxygen atoms in total. The van der Waals surface area contributed by atoms with Crippen LogP contribution in [0.15, 0.2) is 36.7 Å². The second-order valence-corrected chi connectivity index (χ2v) is 8.95. The Bertz CT molecular complexity index is 1020. The largest absolute Gasteiger partial charge is 0.474 e. The van der Waals surface area contributed by atoms with Crippen LogP contribution in [0, 0.1) is 5.92 Å². The minimum atomic E-state index is -4.05. The molecule has 5 atom stereocenters. The Morgan fingerprint density at radius 2 is 1.90 bits per heavy atom. The van der Waals surface area contributed by atoms with E-state index in [1.54, 1.807) is 13.2 Å². The van der Waals surface area contributed by atoms with E-state index in [9.17, 15) is 13.5 Å². The fourth-order valence-electron chi connectivity index (χ4n) is 4.19. The summed E-state index contributed by atoms with van der Waals surface area (Å²) >= 11 is 0. The lowest BCUT2D eigenvalue weighted by atomic mass is 10.1. The molecule has 2 aliphatic rings. The zero-order valence-corrected chi connectivity index (χ0v) is 17.8. The monoisotopic (exact) mass is 451 g/mol. The van der Waals surface area contributed by atoms with Crippen molar-refractivity contribution in [2.75, 3.05) is 13.7 Å². The third kappa shape index (κ3) is 5.31. The van der Waals surface area contributed by atoms with Crippen molar-refractivity contribution < 1.29 is 31.9 Å². The zero-order chi connectivity index (χ0) is 22.0. The van der Waals surface area contributed by atoms with E-state index >= 15 is 0 Å². The fourth-order valence-corrected chi connectivity index (χ4v) is 4.56. The van der Waals surface area contributed by atoms with E-state index in [2.05, 4.69) is 20.2 Å². The smallest absolute Gasteiger partial charge is 0.333 e. The van der Waals surface area contributed by atoms with Crippen molar-refractivity contribution in [1.82, 2.24) is 9.97 Å². The van der Waals surface area contributed by atoms with Gasteiger partial charge in [0.15, 0.2) is 0 Å². The highest BCUT2D eigenvalue weighted by atomic mass is 32.2. The van der Waals surface area contributed by atoms with Gasteiger partial charge in [0.1, 0.15) is 24.6 Å². The number of methoxy groups -OCH3 is 1. The summed E-state index contributed by atoms with van der Waals surface area (Å²) in [6.45, 7) is -0.196. The van der Waals surface area contributed by atoms with Crippen LogP contribution < -0.4 is 14.6 Å². The molecule has 3 N–H and O–H groups in total. The topological polar surface area (TPSA) is 143 Å². The van der Waals surface area contributed by atoms with Gasteiger partial charge in [-0.3, -0.25) is 4.18 Å². The van der Waals surface area contributed by atoms with Gasteiger partial charge in [0, 0.05) is 25.9 Å². The van der Waals surface area contributed by atoms with Gasteiger partial charge in [0.05, 0.1) is 18.8 Å². The number of fused-ring (bicyclic) bond motifs is 1. The van der Waals surface area contributed by atoms with Crippen molar-refractivity contribution >= 4 is 10.3 Å². The number of ether oxygens (including phenoxy) is 3. The quantitative estimate of drug-likeness (QED) is 0.598. The highest BCUT2D eigenvalue weighted by Gasteiger charge is 2.36. The number of hydrogen-bond donors (Lipinski definition) is 2. The molecule has 11 heteroatoms. The van der Waals surface area contributed by atoms with Crippen LogP contribution in [0.3, 0.4) is 0 Å². The first kappa shape index (κ1) is 21.9. The van der Waals surface area contributed by atoms with Crippen LogP contribution in [-0.4, -0.2) is 55.5 Å². The van der Waals surface area contributed by atoms with Gasteiger partial charge >= 0.3 is 10.3 Å². The Kier molecular flexibility index (Phi) is 6.39. The van der Waals surface area contributed by atoms with Crippen LogP contribution in [0.2, 0.25) is 0 Å². The first-order valence-electron chi connectivity index (χ1n) is 9.93. The second kappa shape index (κ2) is 9.05. The molecule has 0 saturated heterocycles. The molecule has 0 bridgehead atoms. The highest BCUT2D eigenvalue weighted by molar-refractivity contribution is 7.84. The van der Waals surface area contributed by atoms with Crippen LogP contribution in [0.1, 0.15) is 30.1 Å². The zero-order valence-electron chi connectivity index (χ0n) is 17.0. The van der Waals surface area contributed by atoms with Gasteiger partial charge in [-0.15, -0.1) is 0 Å². The van der Waals surface area contributed by atoms with E-state index in [4.69, 9.17) is 19.3 Å². The summed E-state index contributed by atoms with van der Waals surface area (Å²) in [5.41, 5.74) is 2.28. The molecule has 0 unspecified atom stereocenters. The number of nitrogens with two attached hydrogens (primary N) is 1. The van der Waals surface area contributed by atoms with Gasteiger partial charge in [-0.1, -0.05) is 24.3 Å². The van der Waals surface area contributed by atoms with Crippen LogP contribution in [-0.2, 0) is 25.6 Å².